The Kier molecular flexibility index (Phi) is 4.65. The van der Waals surface area contributed by atoms with Crippen LogP contribution >= 0.6 is 0 Å². The second-order valence-corrected chi connectivity index (χ2v) is 5.77. The Labute approximate surface area is 140 Å². The molecule has 0 aliphatic rings. The van der Waals surface area contributed by atoms with Crippen LogP contribution in [0.1, 0.15) is 41.3 Å². The third kappa shape index (κ3) is 3.65. The molecule has 0 aliphatic heterocycles. The molecule has 0 saturated carbocycles. The minimum absolute atomic E-state index is 0.256. The zero-order valence-corrected chi connectivity index (χ0v) is 13.6. The quantitative estimate of drug-likeness (QED) is 0.675. The van der Waals surface area contributed by atoms with Crippen molar-refractivity contribution in [2.45, 2.75) is 26.4 Å². The number of nitrogens with zero attached hydrogens (tertiary/aromatic N) is 4. The summed E-state index contributed by atoms with van der Waals surface area (Å²) in [5.74, 6) is 0.131. The summed E-state index contributed by atoms with van der Waals surface area (Å²) in [6.45, 7) is 4.55. The van der Waals surface area contributed by atoms with Crippen molar-refractivity contribution in [1.82, 2.24) is 20.2 Å². The summed E-state index contributed by atoms with van der Waals surface area (Å²) in [5, 5.41) is 10.9. The van der Waals surface area contributed by atoms with Crippen LogP contribution in [-0.4, -0.2) is 26.2 Å². The average molecular weight is 322 g/mol. The van der Waals surface area contributed by atoms with Crippen LogP contribution in [0.5, 0.6) is 0 Å². The SMILES string of the molecule is CC(C)c1ccc(COC(=O)c2ccc(-n3cnnn3)cc2)cc1. The van der Waals surface area contributed by atoms with E-state index in [0.29, 0.717) is 11.5 Å². The number of benzene rings is 2. The summed E-state index contributed by atoms with van der Waals surface area (Å²) >= 11 is 0. The Morgan fingerprint density at radius 2 is 1.79 bits per heavy atom. The summed E-state index contributed by atoms with van der Waals surface area (Å²) in [6, 6.07) is 15.0. The zero-order chi connectivity index (χ0) is 16.9. The molecule has 122 valence electrons. The van der Waals surface area contributed by atoms with Gasteiger partial charge in [0.25, 0.3) is 0 Å². The van der Waals surface area contributed by atoms with Gasteiger partial charge in [0.15, 0.2) is 0 Å². The van der Waals surface area contributed by atoms with Gasteiger partial charge in [0.2, 0.25) is 0 Å². The van der Waals surface area contributed by atoms with Crippen molar-refractivity contribution in [1.29, 1.82) is 0 Å². The third-order valence-electron chi connectivity index (χ3n) is 3.73. The molecule has 0 aliphatic carbocycles. The van der Waals surface area contributed by atoms with E-state index in [0.717, 1.165) is 11.3 Å². The van der Waals surface area contributed by atoms with E-state index in [-0.39, 0.29) is 12.6 Å². The zero-order valence-electron chi connectivity index (χ0n) is 13.6. The van der Waals surface area contributed by atoms with E-state index < -0.39 is 0 Å². The summed E-state index contributed by atoms with van der Waals surface area (Å²) in [6.07, 6.45) is 1.49. The molecule has 0 spiro atoms. The van der Waals surface area contributed by atoms with E-state index in [9.17, 15) is 4.79 Å². The molecule has 1 heterocycles. The molecule has 6 nitrogen and oxygen atoms in total. The van der Waals surface area contributed by atoms with Crippen molar-refractivity contribution >= 4 is 5.97 Å². The van der Waals surface area contributed by atoms with Crippen LogP contribution in [-0.2, 0) is 11.3 Å². The Morgan fingerprint density at radius 1 is 1.08 bits per heavy atom. The highest BCUT2D eigenvalue weighted by atomic mass is 16.5. The van der Waals surface area contributed by atoms with E-state index in [2.05, 4.69) is 41.5 Å². The Balaban J connectivity index is 1.60. The Hall–Kier alpha value is -3.02. The van der Waals surface area contributed by atoms with Gasteiger partial charge in [-0.3, -0.25) is 0 Å². The number of carbonyl (C=O) groups excluding carboxylic acids is 1. The minimum Gasteiger partial charge on any atom is -0.457 e. The number of aromatic nitrogens is 4. The highest BCUT2D eigenvalue weighted by molar-refractivity contribution is 5.89. The lowest BCUT2D eigenvalue weighted by atomic mass is 10.0. The molecule has 0 fully saturated rings. The third-order valence-corrected chi connectivity index (χ3v) is 3.73. The summed E-state index contributed by atoms with van der Waals surface area (Å²) in [4.78, 5) is 12.1. The lowest BCUT2D eigenvalue weighted by Crippen LogP contribution is -2.06. The first-order chi connectivity index (χ1) is 11.6. The fourth-order valence-corrected chi connectivity index (χ4v) is 2.26. The summed E-state index contributed by atoms with van der Waals surface area (Å²) < 4.78 is 6.88. The van der Waals surface area contributed by atoms with Crippen molar-refractivity contribution < 1.29 is 9.53 Å². The monoisotopic (exact) mass is 322 g/mol. The Bertz CT molecular complexity index is 794. The van der Waals surface area contributed by atoms with Gasteiger partial charge < -0.3 is 4.74 Å². The number of esters is 1. The molecule has 6 heteroatoms. The van der Waals surface area contributed by atoms with Gasteiger partial charge in [-0.25, -0.2) is 9.48 Å². The number of hydrogen-bond acceptors (Lipinski definition) is 5. The van der Waals surface area contributed by atoms with Gasteiger partial charge in [-0.05, 0) is 51.7 Å². The second-order valence-electron chi connectivity index (χ2n) is 5.77. The molecule has 3 aromatic rings. The molecular weight excluding hydrogens is 304 g/mol. The number of carbonyl (C=O) groups is 1. The molecular formula is C18H18N4O2. The van der Waals surface area contributed by atoms with E-state index in [1.165, 1.54) is 16.6 Å². The van der Waals surface area contributed by atoms with Gasteiger partial charge in [-0.15, -0.1) is 5.10 Å². The highest BCUT2D eigenvalue weighted by Crippen LogP contribution is 2.16. The van der Waals surface area contributed by atoms with Crippen LogP contribution in [0.15, 0.2) is 54.9 Å². The normalized spacial score (nSPS) is 10.8. The largest absolute Gasteiger partial charge is 0.457 e. The maximum atomic E-state index is 12.1. The van der Waals surface area contributed by atoms with Gasteiger partial charge in [-0.1, -0.05) is 38.1 Å². The molecule has 0 bridgehead atoms. The van der Waals surface area contributed by atoms with Gasteiger partial charge in [0.05, 0.1) is 11.3 Å². The van der Waals surface area contributed by atoms with Crippen molar-refractivity contribution in [2.75, 3.05) is 0 Å². The topological polar surface area (TPSA) is 69.9 Å². The first-order valence-corrected chi connectivity index (χ1v) is 7.73. The predicted octanol–water partition coefficient (Wildman–Crippen LogP) is 3.14. The van der Waals surface area contributed by atoms with Crippen LogP contribution < -0.4 is 0 Å². The van der Waals surface area contributed by atoms with Crippen LogP contribution in [0.3, 0.4) is 0 Å². The maximum Gasteiger partial charge on any atom is 0.338 e. The van der Waals surface area contributed by atoms with Gasteiger partial charge in [0.1, 0.15) is 12.9 Å². The molecule has 0 N–H and O–H groups in total. The molecule has 24 heavy (non-hydrogen) atoms. The number of ether oxygens (including phenoxy) is 1. The molecule has 0 amide bonds. The molecule has 3 rings (SSSR count). The maximum absolute atomic E-state index is 12.1. The van der Waals surface area contributed by atoms with Gasteiger partial charge in [0, 0.05) is 0 Å². The van der Waals surface area contributed by atoms with E-state index in [4.69, 9.17) is 4.74 Å². The van der Waals surface area contributed by atoms with Crippen LogP contribution in [0, 0.1) is 0 Å². The van der Waals surface area contributed by atoms with Crippen LogP contribution in [0.2, 0.25) is 0 Å². The summed E-state index contributed by atoms with van der Waals surface area (Å²) in [7, 11) is 0. The standard InChI is InChI=1S/C18H18N4O2/c1-13(2)15-5-3-14(4-6-15)11-24-18(23)16-7-9-17(10-8-16)22-12-19-20-21-22/h3-10,12-13H,11H2,1-2H3. The van der Waals surface area contributed by atoms with Gasteiger partial charge >= 0.3 is 5.97 Å². The summed E-state index contributed by atoms with van der Waals surface area (Å²) in [5.41, 5.74) is 3.51. The number of rotatable bonds is 5. The van der Waals surface area contributed by atoms with Crippen molar-refractivity contribution in [2.24, 2.45) is 0 Å². The highest BCUT2D eigenvalue weighted by Gasteiger charge is 2.08. The number of hydrogen-bond donors (Lipinski definition) is 0. The first kappa shape index (κ1) is 15.9. The smallest absolute Gasteiger partial charge is 0.338 e. The predicted molar refractivity (Wildman–Crippen MR) is 88.8 cm³/mol. The second kappa shape index (κ2) is 7.04. The minimum atomic E-state index is -0.355. The molecule has 0 unspecified atom stereocenters. The van der Waals surface area contributed by atoms with E-state index >= 15 is 0 Å². The average Bonchev–Trinajstić information content (AvgIpc) is 3.15. The van der Waals surface area contributed by atoms with Gasteiger partial charge in [-0.2, -0.15) is 0 Å². The van der Waals surface area contributed by atoms with Crippen LogP contribution in [0.4, 0.5) is 0 Å². The first-order valence-electron chi connectivity index (χ1n) is 7.73. The van der Waals surface area contributed by atoms with Crippen molar-refractivity contribution in [3.8, 4) is 5.69 Å². The Morgan fingerprint density at radius 3 is 2.38 bits per heavy atom. The lowest BCUT2D eigenvalue weighted by molar-refractivity contribution is 0.0472. The van der Waals surface area contributed by atoms with E-state index in [1.807, 2.05) is 12.1 Å². The molecule has 0 saturated heterocycles. The molecule has 1 aromatic heterocycles. The number of tetrazole rings is 1. The molecule has 0 atom stereocenters. The van der Waals surface area contributed by atoms with Crippen molar-refractivity contribution in [3.05, 3.63) is 71.5 Å². The molecule has 2 aromatic carbocycles. The fraction of sp³-hybridized carbons (Fsp3) is 0.222. The molecule has 0 radical (unpaired) electrons. The fourth-order valence-electron chi connectivity index (χ4n) is 2.26. The van der Waals surface area contributed by atoms with Crippen LogP contribution in [0.25, 0.3) is 5.69 Å². The van der Waals surface area contributed by atoms with Crippen molar-refractivity contribution in [3.63, 3.8) is 0 Å². The lowest BCUT2D eigenvalue weighted by Gasteiger charge is -2.08. The van der Waals surface area contributed by atoms with E-state index in [1.54, 1.807) is 24.3 Å².